The Bertz CT molecular complexity index is 87.0. The summed E-state index contributed by atoms with van der Waals surface area (Å²) in [6.07, 6.45) is 1.18. The van der Waals surface area contributed by atoms with Gasteiger partial charge in [0.1, 0.15) is 0 Å². The van der Waals surface area contributed by atoms with Gasteiger partial charge in [-0.2, -0.15) is 50.5 Å². The quantitative estimate of drug-likeness (QED) is 0.438. The molecule has 0 radical (unpaired) electrons. The van der Waals surface area contributed by atoms with Crippen molar-refractivity contribution < 1.29 is 0 Å². The van der Waals surface area contributed by atoms with Gasteiger partial charge < -0.3 is 0 Å². The van der Waals surface area contributed by atoms with E-state index in [9.17, 15) is 0 Å². The molecule has 0 amide bonds. The van der Waals surface area contributed by atoms with Crippen LogP contribution in [0.1, 0.15) is 6.42 Å². The van der Waals surface area contributed by atoms with E-state index in [2.05, 4.69) is 50.5 Å². The van der Waals surface area contributed by atoms with E-state index < -0.39 is 0 Å². The summed E-state index contributed by atoms with van der Waals surface area (Å²) in [5.41, 5.74) is 0. The van der Waals surface area contributed by atoms with E-state index in [0.29, 0.717) is 4.58 Å². The molecule has 0 saturated carbocycles. The smallest absolute Gasteiger partial charge is 0.0389 e. The highest BCUT2D eigenvalue weighted by molar-refractivity contribution is 8.28. The molecule has 0 aliphatic carbocycles. The lowest BCUT2D eigenvalue weighted by atomic mass is 10.6. The van der Waals surface area contributed by atoms with Crippen LogP contribution < -0.4 is 0 Å². The molecule has 11 heavy (non-hydrogen) atoms. The normalized spacial score (nSPS) is 18.0. The van der Waals surface area contributed by atoms with Crippen LogP contribution in [0.2, 0.25) is 0 Å². The van der Waals surface area contributed by atoms with Gasteiger partial charge in [-0.3, -0.25) is 0 Å². The molecule has 5 heteroatoms. The van der Waals surface area contributed by atoms with Crippen molar-refractivity contribution in [3.05, 3.63) is 0 Å². The first-order chi connectivity index (χ1) is 5.26. The SMILES string of the molecule is SCCC[SH](CS)C(S)CS. The van der Waals surface area contributed by atoms with Gasteiger partial charge in [-0.05, 0) is 17.9 Å². The summed E-state index contributed by atoms with van der Waals surface area (Å²) in [5.74, 6) is 3.07. The Balaban J connectivity index is 3.56. The van der Waals surface area contributed by atoms with E-state index in [-0.39, 0.29) is 10.9 Å². The number of rotatable bonds is 6. The van der Waals surface area contributed by atoms with Gasteiger partial charge in [0.05, 0.1) is 0 Å². The first-order valence-electron chi connectivity index (χ1n) is 3.51. The molecule has 0 saturated heterocycles. The zero-order valence-corrected chi connectivity index (χ0v) is 10.8. The number of hydrogen-bond donors (Lipinski definition) is 5. The third-order valence-corrected chi connectivity index (χ3v) is 7.16. The van der Waals surface area contributed by atoms with Gasteiger partial charge in [-0.25, -0.2) is 10.9 Å². The van der Waals surface area contributed by atoms with Crippen LogP contribution in [0.3, 0.4) is 0 Å². The highest BCUT2D eigenvalue weighted by Gasteiger charge is 2.09. The first-order valence-corrected chi connectivity index (χ1v) is 7.70. The first kappa shape index (κ1) is 12.8. The van der Waals surface area contributed by atoms with E-state index in [0.717, 1.165) is 16.6 Å². The van der Waals surface area contributed by atoms with Crippen molar-refractivity contribution >= 4 is 61.4 Å². The summed E-state index contributed by atoms with van der Waals surface area (Å²) in [6, 6.07) is 0. The number of thiol groups is 5. The van der Waals surface area contributed by atoms with Gasteiger partial charge >= 0.3 is 0 Å². The maximum atomic E-state index is 4.46. The van der Waals surface area contributed by atoms with E-state index in [1.165, 1.54) is 12.2 Å². The maximum Gasteiger partial charge on any atom is 0.0389 e. The molecule has 0 aliphatic rings. The minimum atomic E-state index is -0.0225. The van der Waals surface area contributed by atoms with Crippen molar-refractivity contribution in [3.8, 4) is 0 Å². The molecule has 0 rings (SSSR count). The van der Waals surface area contributed by atoms with Gasteiger partial charge in [0.2, 0.25) is 0 Å². The molecule has 0 aromatic rings. The van der Waals surface area contributed by atoms with Crippen LogP contribution in [-0.4, -0.2) is 26.9 Å². The lowest BCUT2D eigenvalue weighted by Gasteiger charge is -2.24. The molecule has 0 heterocycles. The molecule has 2 unspecified atom stereocenters. The van der Waals surface area contributed by atoms with E-state index in [1.54, 1.807) is 0 Å². The van der Waals surface area contributed by atoms with Gasteiger partial charge in [-0.15, -0.1) is 0 Å². The third-order valence-electron chi connectivity index (χ3n) is 1.37. The molecule has 0 bridgehead atoms. The Hall–Kier alpha value is 1.75. The van der Waals surface area contributed by atoms with Crippen LogP contribution in [-0.2, 0) is 0 Å². The summed E-state index contributed by atoms with van der Waals surface area (Å²) in [4.78, 5) is 0. The van der Waals surface area contributed by atoms with Gasteiger partial charge in [0.25, 0.3) is 0 Å². The molecule has 0 nitrogen and oxygen atoms in total. The van der Waals surface area contributed by atoms with E-state index in [1.807, 2.05) is 0 Å². The van der Waals surface area contributed by atoms with E-state index in [4.69, 9.17) is 0 Å². The summed E-state index contributed by atoms with van der Waals surface area (Å²) in [5, 5.41) is 0.970. The maximum absolute atomic E-state index is 4.46. The molecule has 0 aromatic carbocycles. The molecule has 0 spiro atoms. The Kier molecular flexibility index (Phi) is 9.68. The highest BCUT2D eigenvalue weighted by Crippen LogP contribution is 2.36. The molecule has 70 valence electrons. The molecule has 0 fully saturated rings. The fourth-order valence-corrected chi connectivity index (χ4v) is 5.22. The van der Waals surface area contributed by atoms with Crippen LogP contribution in [0.5, 0.6) is 0 Å². The Labute approximate surface area is 94.3 Å². The average Bonchev–Trinajstić information content (AvgIpc) is 2.05. The van der Waals surface area contributed by atoms with Crippen LogP contribution in [0, 0.1) is 0 Å². The van der Waals surface area contributed by atoms with Crippen LogP contribution in [0.25, 0.3) is 0 Å². The van der Waals surface area contributed by atoms with Crippen molar-refractivity contribution in [2.45, 2.75) is 11.0 Å². The van der Waals surface area contributed by atoms with Crippen molar-refractivity contribution in [2.75, 3.05) is 22.3 Å². The van der Waals surface area contributed by atoms with Crippen LogP contribution >= 0.6 is 61.4 Å². The third kappa shape index (κ3) is 5.91. The molecule has 2 atom stereocenters. The zero-order chi connectivity index (χ0) is 8.69. The van der Waals surface area contributed by atoms with Crippen LogP contribution in [0.15, 0.2) is 0 Å². The second-order valence-corrected chi connectivity index (χ2v) is 7.42. The zero-order valence-electron chi connectivity index (χ0n) is 6.35. The minimum absolute atomic E-state index is 0.0225. The Morgan fingerprint density at radius 2 is 1.82 bits per heavy atom. The highest BCUT2D eigenvalue weighted by atomic mass is 32.3. The summed E-state index contributed by atoms with van der Waals surface area (Å²) in [7, 11) is -0.0225. The van der Waals surface area contributed by atoms with Crippen LogP contribution in [0.4, 0.5) is 0 Å². The Morgan fingerprint density at radius 1 is 1.18 bits per heavy atom. The van der Waals surface area contributed by atoms with Gasteiger partial charge in [0.15, 0.2) is 0 Å². The number of hydrogen-bond acceptors (Lipinski definition) is 4. The second-order valence-electron chi connectivity index (χ2n) is 2.19. The minimum Gasteiger partial charge on any atom is -0.232 e. The summed E-state index contributed by atoms with van der Waals surface area (Å²) < 4.78 is 0.450. The fourth-order valence-electron chi connectivity index (χ4n) is 0.703. The largest absolute Gasteiger partial charge is 0.232 e. The molecular weight excluding hydrogens is 232 g/mol. The monoisotopic (exact) mass is 248 g/mol. The predicted molar refractivity (Wildman–Crippen MR) is 72.8 cm³/mol. The molecule has 0 N–H and O–H groups in total. The molecule has 0 aliphatic heterocycles. The Morgan fingerprint density at radius 3 is 2.18 bits per heavy atom. The van der Waals surface area contributed by atoms with Crippen molar-refractivity contribution in [1.29, 1.82) is 0 Å². The van der Waals surface area contributed by atoms with Crippen molar-refractivity contribution in [3.63, 3.8) is 0 Å². The van der Waals surface area contributed by atoms with Crippen molar-refractivity contribution in [2.24, 2.45) is 0 Å². The van der Waals surface area contributed by atoms with Crippen molar-refractivity contribution in [1.82, 2.24) is 0 Å². The summed E-state index contributed by atoms with van der Waals surface area (Å²) >= 11 is 17.2. The van der Waals surface area contributed by atoms with E-state index >= 15 is 0 Å². The lowest BCUT2D eigenvalue weighted by molar-refractivity contribution is 1.12. The predicted octanol–water partition coefficient (Wildman–Crippen LogP) is 2.38. The topological polar surface area (TPSA) is 0 Å². The average molecular weight is 249 g/mol. The lowest BCUT2D eigenvalue weighted by Crippen LogP contribution is -2.06. The van der Waals surface area contributed by atoms with Gasteiger partial charge in [-0.1, -0.05) is 0 Å². The molecule has 0 aromatic heterocycles. The second kappa shape index (κ2) is 8.35. The molecular formula is C6H16S5. The standard InChI is InChI=1S/C6H16S5/c7-2-1-3-11(5-9)6(10)4-8/h6-11H,1-5H2. The summed E-state index contributed by atoms with van der Waals surface area (Å²) in [6.45, 7) is 0. The van der Waals surface area contributed by atoms with Gasteiger partial charge in [0, 0.05) is 15.4 Å². The fraction of sp³-hybridized carbons (Fsp3) is 1.00.